The Labute approximate surface area is 109 Å². The highest BCUT2D eigenvalue weighted by atomic mass is 16.5. The number of hydrogen-bond donors (Lipinski definition) is 2. The second kappa shape index (κ2) is 6.73. The first-order chi connectivity index (χ1) is 8.79. The number of benzene rings is 1. The highest BCUT2D eigenvalue weighted by Gasteiger charge is 2.17. The van der Waals surface area contributed by atoms with Crippen molar-refractivity contribution < 1.29 is 4.74 Å². The molecule has 1 aromatic rings. The number of rotatable bonds is 5. The molecule has 1 aliphatic rings. The average molecular weight is 249 g/mol. The molecule has 0 amide bonds. The third-order valence-corrected chi connectivity index (χ3v) is 3.51. The number of piperazine rings is 1. The number of nitrogens with zero attached hydrogens (tertiary/aromatic N) is 1. The Bertz CT molecular complexity index is 353. The lowest BCUT2D eigenvalue weighted by Crippen LogP contribution is -2.53. The fraction of sp³-hybridized carbons (Fsp3) is 0.571. The highest BCUT2D eigenvalue weighted by molar-refractivity contribution is 5.26. The van der Waals surface area contributed by atoms with Crippen molar-refractivity contribution in [2.75, 3.05) is 40.3 Å². The van der Waals surface area contributed by atoms with E-state index >= 15 is 0 Å². The molecule has 2 N–H and O–H groups in total. The van der Waals surface area contributed by atoms with E-state index in [1.807, 2.05) is 12.1 Å². The second-order valence-electron chi connectivity index (χ2n) is 4.82. The minimum absolute atomic E-state index is 0.594. The molecule has 0 radical (unpaired) electrons. The third kappa shape index (κ3) is 3.70. The van der Waals surface area contributed by atoms with Crippen LogP contribution in [0.3, 0.4) is 0 Å². The molecule has 1 saturated heterocycles. The first-order valence-electron chi connectivity index (χ1n) is 6.54. The van der Waals surface area contributed by atoms with E-state index in [0.717, 1.165) is 38.5 Å². The van der Waals surface area contributed by atoms with Crippen LogP contribution < -0.4 is 15.4 Å². The van der Waals surface area contributed by atoms with Crippen LogP contribution in [0.4, 0.5) is 0 Å². The van der Waals surface area contributed by atoms with E-state index in [0.29, 0.717) is 6.04 Å². The maximum atomic E-state index is 5.15. The lowest BCUT2D eigenvalue weighted by Gasteiger charge is -2.33. The summed E-state index contributed by atoms with van der Waals surface area (Å²) in [6.07, 6.45) is 0. The molecule has 100 valence electrons. The van der Waals surface area contributed by atoms with Gasteiger partial charge in [-0.1, -0.05) is 12.1 Å². The molecule has 1 aromatic carbocycles. The van der Waals surface area contributed by atoms with Crippen LogP contribution in [-0.4, -0.2) is 51.3 Å². The molecule has 2 rings (SSSR count). The van der Waals surface area contributed by atoms with Crippen LogP contribution in [0, 0.1) is 0 Å². The van der Waals surface area contributed by atoms with Crippen LogP contribution in [0.1, 0.15) is 5.56 Å². The van der Waals surface area contributed by atoms with Gasteiger partial charge in [0.25, 0.3) is 0 Å². The summed E-state index contributed by atoms with van der Waals surface area (Å²) in [5, 5.41) is 6.95. The number of methoxy groups -OCH3 is 1. The first kappa shape index (κ1) is 13.3. The second-order valence-corrected chi connectivity index (χ2v) is 4.82. The Balaban J connectivity index is 1.73. The Morgan fingerprint density at radius 2 is 2.17 bits per heavy atom. The zero-order chi connectivity index (χ0) is 12.8. The average Bonchev–Trinajstić information content (AvgIpc) is 2.42. The van der Waals surface area contributed by atoms with Gasteiger partial charge in [0.15, 0.2) is 0 Å². The van der Waals surface area contributed by atoms with Crippen molar-refractivity contribution in [2.45, 2.75) is 12.6 Å². The van der Waals surface area contributed by atoms with Gasteiger partial charge in [0.05, 0.1) is 7.11 Å². The summed E-state index contributed by atoms with van der Waals surface area (Å²) < 4.78 is 5.15. The van der Waals surface area contributed by atoms with Crippen LogP contribution in [0.25, 0.3) is 0 Å². The number of likely N-dealkylation sites (N-methyl/N-ethyl adjacent to an activating group) is 1. The summed E-state index contributed by atoms with van der Waals surface area (Å²) in [4.78, 5) is 2.41. The quantitative estimate of drug-likeness (QED) is 0.805. The van der Waals surface area contributed by atoms with Gasteiger partial charge in [-0.3, -0.25) is 4.90 Å². The van der Waals surface area contributed by atoms with Gasteiger partial charge in [-0.15, -0.1) is 0 Å². The van der Waals surface area contributed by atoms with Crippen LogP contribution in [0.2, 0.25) is 0 Å². The fourth-order valence-corrected chi connectivity index (χ4v) is 2.22. The van der Waals surface area contributed by atoms with E-state index in [4.69, 9.17) is 4.74 Å². The smallest absolute Gasteiger partial charge is 0.118 e. The molecule has 1 atom stereocenters. The predicted molar refractivity (Wildman–Crippen MR) is 74.0 cm³/mol. The maximum Gasteiger partial charge on any atom is 0.118 e. The summed E-state index contributed by atoms with van der Waals surface area (Å²) in [7, 11) is 3.89. The molecule has 1 fully saturated rings. The van der Waals surface area contributed by atoms with Crippen LogP contribution in [0.5, 0.6) is 5.75 Å². The van der Waals surface area contributed by atoms with Gasteiger partial charge in [-0.25, -0.2) is 0 Å². The fourth-order valence-electron chi connectivity index (χ4n) is 2.22. The summed E-state index contributed by atoms with van der Waals surface area (Å²) >= 11 is 0. The van der Waals surface area contributed by atoms with Crippen molar-refractivity contribution >= 4 is 0 Å². The molecule has 0 aromatic heterocycles. The summed E-state index contributed by atoms with van der Waals surface area (Å²) in [6.45, 7) is 5.25. The van der Waals surface area contributed by atoms with Crippen LogP contribution in [-0.2, 0) is 6.54 Å². The molecule has 1 heterocycles. The molecule has 0 spiro atoms. The van der Waals surface area contributed by atoms with Gasteiger partial charge < -0.3 is 15.4 Å². The maximum absolute atomic E-state index is 5.15. The molecule has 4 nitrogen and oxygen atoms in total. The van der Waals surface area contributed by atoms with Crippen molar-refractivity contribution in [3.05, 3.63) is 29.8 Å². The van der Waals surface area contributed by atoms with Gasteiger partial charge in [0.2, 0.25) is 0 Å². The van der Waals surface area contributed by atoms with Crippen molar-refractivity contribution in [1.82, 2.24) is 15.5 Å². The molecule has 0 saturated carbocycles. The highest BCUT2D eigenvalue weighted by Crippen LogP contribution is 2.11. The first-order valence-corrected chi connectivity index (χ1v) is 6.54. The zero-order valence-corrected chi connectivity index (χ0v) is 11.3. The van der Waals surface area contributed by atoms with Crippen molar-refractivity contribution in [3.8, 4) is 5.75 Å². The zero-order valence-electron chi connectivity index (χ0n) is 11.3. The summed E-state index contributed by atoms with van der Waals surface area (Å²) in [5.41, 5.74) is 1.29. The molecule has 1 unspecified atom stereocenters. The number of nitrogens with one attached hydrogen (secondary N) is 2. The van der Waals surface area contributed by atoms with Gasteiger partial charge in [0.1, 0.15) is 5.75 Å². The van der Waals surface area contributed by atoms with E-state index in [1.165, 1.54) is 5.56 Å². The number of hydrogen-bond acceptors (Lipinski definition) is 4. The lowest BCUT2D eigenvalue weighted by atomic mass is 10.2. The minimum Gasteiger partial charge on any atom is -0.497 e. The van der Waals surface area contributed by atoms with E-state index in [1.54, 1.807) is 7.11 Å². The van der Waals surface area contributed by atoms with E-state index < -0.39 is 0 Å². The Morgan fingerprint density at radius 3 is 2.83 bits per heavy atom. The SMILES string of the molecule is COc1ccc(CNCC2CNCCN2C)cc1. The lowest BCUT2D eigenvalue weighted by molar-refractivity contribution is 0.195. The molecular weight excluding hydrogens is 226 g/mol. The number of ether oxygens (including phenoxy) is 1. The molecule has 18 heavy (non-hydrogen) atoms. The molecular formula is C14H23N3O. The van der Waals surface area contributed by atoms with Gasteiger partial charge in [-0.2, -0.15) is 0 Å². The summed E-state index contributed by atoms with van der Waals surface area (Å²) in [5.74, 6) is 0.912. The van der Waals surface area contributed by atoms with E-state index in [-0.39, 0.29) is 0 Å². The Kier molecular flexibility index (Phi) is 4.99. The van der Waals surface area contributed by atoms with Crippen molar-refractivity contribution in [2.24, 2.45) is 0 Å². The minimum atomic E-state index is 0.594. The predicted octanol–water partition coefficient (Wildman–Crippen LogP) is 0.688. The van der Waals surface area contributed by atoms with Crippen molar-refractivity contribution in [3.63, 3.8) is 0 Å². The van der Waals surface area contributed by atoms with Crippen LogP contribution >= 0.6 is 0 Å². The van der Waals surface area contributed by atoms with Crippen molar-refractivity contribution in [1.29, 1.82) is 0 Å². The van der Waals surface area contributed by atoms with E-state index in [9.17, 15) is 0 Å². The normalized spacial score (nSPS) is 20.9. The van der Waals surface area contributed by atoms with Gasteiger partial charge >= 0.3 is 0 Å². The largest absolute Gasteiger partial charge is 0.497 e. The third-order valence-electron chi connectivity index (χ3n) is 3.51. The van der Waals surface area contributed by atoms with Crippen LogP contribution in [0.15, 0.2) is 24.3 Å². The van der Waals surface area contributed by atoms with Gasteiger partial charge in [-0.05, 0) is 24.7 Å². The Morgan fingerprint density at radius 1 is 1.39 bits per heavy atom. The molecule has 4 heteroatoms. The molecule has 0 aliphatic carbocycles. The summed E-state index contributed by atoms with van der Waals surface area (Å²) in [6, 6.07) is 8.82. The standard InChI is InChI=1S/C14H23N3O/c1-17-8-7-15-10-13(17)11-16-9-12-3-5-14(18-2)6-4-12/h3-6,13,15-16H,7-11H2,1-2H3. The van der Waals surface area contributed by atoms with E-state index in [2.05, 4.69) is 34.7 Å². The topological polar surface area (TPSA) is 36.5 Å². The monoisotopic (exact) mass is 249 g/mol. The molecule has 1 aliphatic heterocycles. The molecule has 0 bridgehead atoms. The van der Waals surface area contributed by atoms with Gasteiger partial charge in [0, 0.05) is 38.8 Å². The Hall–Kier alpha value is -1.10.